The van der Waals surface area contributed by atoms with Crippen molar-refractivity contribution in [2.75, 3.05) is 19.6 Å². The van der Waals surface area contributed by atoms with Gasteiger partial charge in [0.05, 0.1) is 10.7 Å². The maximum atomic E-state index is 12.5. The van der Waals surface area contributed by atoms with Crippen LogP contribution in [0.15, 0.2) is 5.38 Å². The van der Waals surface area contributed by atoms with E-state index in [0.29, 0.717) is 12.5 Å². The van der Waals surface area contributed by atoms with Gasteiger partial charge in [0.25, 0.3) is 0 Å². The fraction of sp³-hybridized carbons (Fsp3) is 0.737. The minimum absolute atomic E-state index is 0.0510. The summed E-state index contributed by atoms with van der Waals surface area (Å²) in [5, 5.41) is 6.23. The molecule has 25 heavy (non-hydrogen) atoms. The number of nitrogens with one attached hydrogen (secondary N) is 1. The molecule has 2 heterocycles. The lowest BCUT2D eigenvalue weighted by Crippen LogP contribution is -2.45. The Hall–Kier alpha value is -1.43. The van der Waals surface area contributed by atoms with Crippen LogP contribution in [0.3, 0.4) is 0 Å². The summed E-state index contributed by atoms with van der Waals surface area (Å²) in [4.78, 5) is 31.3. The SMILES string of the molecule is CCc1csc(CCNC(=O)C2CCN(C(=O)C3CCCC3)CC2)n1. The monoisotopic (exact) mass is 363 g/mol. The van der Waals surface area contributed by atoms with Gasteiger partial charge in [-0.2, -0.15) is 0 Å². The Morgan fingerprint density at radius 1 is 1.20 bits per heavy atom. The third-order valence-electron chi connectivity index (χ3n) is 5.48. The van der Waals surface area contributed by atoms with E-state index in [1.807, 2.05) is 4.90 Å². The molecule has 6 heteroatoms. The van der Waals surface area contributed by atoms with Crippen LogP contribution in [0.4, 0.5) is 0 Å². The molecule has 1 N–H and O–H groups in total. The van der Waals surface area contributed by atoms with Gasteiger partial charge < -0.3 is 10.2 Å². The first-order valence-electron chi connectivity index (χ1n) is 9.67. The van der Waals surface area contributed by atoms with Crippen LogP contribution in [0.1, 0.15) is 56.2 Å². The fourth-order valence-electron chi connectivity index (χ4n) is 3.86. The van der Waals surface area contributed by atoms with Crippen LogP contribution in [0, 0.1) is 11.8 Å². The summed E-state index contributed by atoms with van der Waals surface area (Å²) >= 11 is 1.67. The van der Waals surface area contributed by atoms with Crippen LogP contribution in [0.2, 0.25) is 0 Å². The van der Waals surface area contributed by atoms with Crippen LogP contribution in [-0.2, 0) is 22.4 Å². The van der Waals surface area contributed by atoms with Gasteiger partial charge >= 0.3 is 0 Å². The van der Waals surface area contributed by atoms with Crippen molar-refractivity contribution in [3.63, 3.8) is 0 Å². The second-order valence-corrected chi connectivity index (χ2v) is 8.15. The van der Waals surface area contributed by atoms with Crippen molar-refractivity contribution in [3.05, 3.63) is 16.1 Å². The Kier molecular flexibility index (Phi) is 6.45. The van der Waals surface area contributed by atoms with Gasteiger partial charge in [0.1, 0.15) is 0 Å². The van der Waals surface area contributed by atoms with Crippen molar-refractivity contribution in [3.8, 4) is 0 Å². The third kappa shape index (κ3) is 4.81. The lowest BCUT2D eigenvalue weighted by Gasteiger charge is -2.33. The van der Waals surface area contributed by atoms with Crippen LogP contribution >= 0.6 is 11.3 Å². The number of likely N-dealkylation sites (tertiary alicyclic amines) is 1. The molecule has 1 aromatic rings. The summed E-state index contributed by atoms with van der Waals surface area (Å²) in [5.74, 6) is 0.763. The molecule has 0 radical (unpaired) electrons. The minimum atomic E-state index is 0.0510. The molecule has 1 aliphatic heterocycles. The summed E-state index contributed by atoms with van der Waals surface area (Å²) in [6, 6.07) is 0. The summed E-state index contributed by atoms with van der Waals surface area (Å²) in [6.07, 6.45) is 7.83. The molecule has 0 unspecified atom stereocenters. The predicted molar refractivity (Wildman–Crippen MR) is 99.5 cm³/mol. The molecule has 2 fully saturated rings. The number of carbonyl (C=O) groups is 2. The van der Waals surface area contributed by atoms with E-state index in [1.165, 1.54) is 12.8 Å². The fourth-order valence-corrected chi connectivity index (χ4v) is 4.74. The number of amides is 2. The van der Waals surface area contributed by atoms with E-state index in [9.17, 15) is 9.59 Å². The van der Waals surface area contributed by atoms with Crippen molar-refractivity contribution in [1.29, 1.82) is 0 Å². The molecule has 1 saturated carbocycles. The molecule has 0 aromatic carbocycles. The van der Waals surface area contributed by atoms with Crippen LogP contribution in [0.25, 0.3) is 0 Å². The van der Waals surface area contributed by atoms with Gasteiger partial charge in [-0.1, -0.05) is 19.8 Å². The maximum absolute atomic E-state index is 12.5. The van der Waals surface area contributed by atoms with Crippen molar-refractivity contribution in [1.82, 2.24) is 15.2 Å². The van der Waals surface area contributed by atoms with E-state index in [2.05, 4.69) is 22.6 Å². The molecule has 1 aromatic heterocycles. The van der Waals surface area contributed by atoms with Crippen LogP contribution < -0.4 is 5.32 Å². The summed E-state index contributed by atoms with van der Waals surface area (Å²) in [6.45, 7) is 4.22. The van der Waals surface area contributed by atoms with Gasteiger partial charge in [-0.15, -0.1) is 11.3 Å². The second-order valence-electron chi connectivity index (χ2n) is 7.21. The number of carbonyl (C=O) groups excluding carboxylic acids is 2. The lowest BCUT2D eigenvalue weighted by molar-refractivity contribution is -0.139. The highest BCUT2D eigenvalue weighted by molar-refractivity contribution is 7.09. The highest BCUT2D eigenvalue weighted by Crippen LogP contribution is 2.28. The quantitative estimate of drug-likeness (QED) is 0.845. The molecule has 0 spiro atoms. The summed E-state index contributed by atoms with van der Waals surface area (Å²) in [5.41, 5.74) is 1.13. The molecule has 2 amide bonds. The molecule has 2 aliphatic rings. The molecule has 138 valence electrons. The van der Waals surface area contributed by atoms with E-state index >= 15 is 0 Å². The van der Waals surface area contributed by atoms with Crippen molar-refractivity contribution < 1.29 is 9.59 Å². The summed E-state index contributed by atoms with van der Waals surface area (Å²) in [7, 11) is 0. The lowest BCUT2D eigenvalue weighted by atomic mass is 9.94. The second kappa shape index (κ2) is 8.79. The van der Waals surface area contributed by atoms with Gasteiger partial charge in [-0.3, -0.25) is 9.59 Å². The Labute approximate surface area is 154 Å². The average molecular weight is 364 g/mol. The smallest absolute Gasteiger partial charge is 0.225 e. The van der Waals surface area contributed by atoms with Crippen LogP contribution in [0.5, 0.6) is 0 Å². The van der Waals surface area contributed by atoms with E-state index < -0.39 is 0 Å². The maximum Gasteiger partial charge on any atom is 0.225 e. The molecule has 5 nitrogen and oxygen atoms in total. The van der Waals surface area contributed by atoms with E-state index in [4.69, 9.17) is 0 Å². The first kappa shape index (κ1) is 18.4. The molecule has 1 aliphatic carbocycles. The molecule has 1 saturated heterocycles. The van der Waals surface area contributed by atoms with Crippen LogP contribution in [-0.4, -0.2) is 41.3 Å². The Balaban J connectivity index is 1.37. The zero-order valence-corrected chi connectivity index (χ0v) is 15.9. The topological polar surface area (TPSA) is 62.3 Å². The number of hydrogen-bond donors (Lipinski definition) is 1. The summed E-state index contributed by atoms with van der Waals surface area (Å²) < 4.78 is 0. The van der Waals surface area contributed by atoms with Crippen molar-refractivity contribution in [2.45, 2.75) is 58.3 Å². The van der Waals surface area contributed by atoms with Crippen molar-refractivity contribution in [2.24, 2.45) is 11.8 Å². The average Bonchev–Trinajstić information content (AvgIpc) is 3.33. The van der Waals surface area contributed by atoms with Gasteiger partial charge in [-0.05, 0) is 32.1 Å². The van der Waals surface area contributed by atoms with Gasteiger partial charge in [0, 0.05) is 43.3 Å². The Morgan fingerprint density at radius 2 is 1.92 bits per heavy atom. The molecule has 3 rings (SSSR count). The normalized spacial score (nSPS) is 19.3. The Morgan fingerprint density at radius 3 is 2.56 bits per heavy atom. The van der Waals surface area contributed by atoms with E-state index in [0.717, 1.165) is 62.3 Å². The number of rotatable bonds is 6. The zero-order valence-electron chi connectivity index (χ0n) is 15.1. The van der Waals surface area contributed by atoms with E-state index in [1.54, 1.807) is 11.3 Å². The number of thiazole rings is 1. The largest absolute Gasteiger partial charge is 0.355 e. The van der Waals surface area contributed by atoms with Gasteiger partial charge in [0.2, 0.25) is 11.8 Å². The number of piperidine rings is 1. The third-order valence-corrected chi connectivity index (χ3v) is 6.44. The number of nitrogens with zero attached hydrogens (tertiary/aromatic N) is 2. The standard InChI is InChI=1S/C19H29N3O2S/c1-2-16-13-25-17(21-16)7-10-20-18(23)14-8-11-22(12-9-14)19(24)15-5-3-4-6-15/h13-15H,2-12H2,1H3,(H,20,23). The van der Waals surface area contributed by atoms with Gasteiger partial charge in [0.15, 0.2) is 0 Å². The minimum Gasteiger partial charge on any atom is -0.355 e. The highest BCUT2D eigenvalue weighted by atomic mass is 32.1. The number of aromatic nitrogens is 1. The molecular weight excluding hydrogens is 334 g/mol. The number of hydrogen-bond acceptors (Lipinski definition) is 4. The number of aryl methyl sites for hydroxylation is 1. The molecule has 0 atom stereocenters. The first-order chi connectivity index (χ1) is 12.2. The highest BCUT2D eigenvalue weighted by Gasteiger charge is 2.31. The molecule has 0 bridgehead atoms. The predicted octanol–water partition coefficient (Wildman–Crippen LogP) is 2.79. The zero-order chi connectivity index (χ0) is 17.6. The van der Waals surface area contributed by atoms with Gasteiger partial charge in [-0.25, -0.2) is 4.98 Å². The molecular formula is C19H29N3O2S. The van der Waals surface area contributed by atoms with Crippen molar-refractivity contribution >= 4 is 23.2 Å². The Bertz CT molecular complexity index is 587. The first-order valence-corrected chi connectivity index (χ1v) is 10.5. The van der Waals surface area contributed by atoms with E-state index in [-0.39, 0.29) is 17.7 Å².